The van der Waals surface area contributed by atoms with Crippen molar-refractivity contribution in [1.82, 2.24) is 19.0 Å². The largest absolute Gasteiger partial charge is 0.378 e. The fraction of sp³-hybridized carbons (Fsp3) is 0.0909. The van der Waals surface area contributed by atoms with Gasteiger partial charge in [0.25, 0.3) is 15.7 Å². The van der Waals surface area contributed by atoms with E-state index in [9.17, 15) is 18.5 Å². The standard InChI is InChI=1S/C22H18N8O4S/c1-28(26-13-17-14-27-29-9-7-16(12-23)10-21(17)29)35(33,34)22-11-19(30(31)32)5-6-20(22)25-15-18-4-2-3-8-24-18/h2-11,13-14,25H,15H2,1H3/b26-13+. The molecule has 35 heavy (non-hydrogen) atoms. The number of sulfonamides is 1. The van der Waals surface area contributed by atoms with E-state index in [1.54, 1.807) is 42.7 Å². The first-order valence-electron chi connectivity index (χ1n) is 10.1. The van der Waals surface area contributed by atoms with Crippen LogP contribution in [0, 0.1) is 21.4 Å². The van der Waals surface area contributed by atoms with Gasteiger partial charge in [-0.2, -0.15) is 28.3 Å². The number of rotatable bonds is 8. The molecule has 1 aromatic carbocycles. The zero-order chi connectivity index (χ0) is 25.0. The molecule has 4 aromatic rings. The highest BCUT2D eigenvalue weighted by Gasteiger charge is 2.26. The zero-order valence-corrected chi connectivity index (χ0v) is 19.1. The molecule has 4 rings (SSSR count). The second kappa shape index (κ2) is 9.57. The van der Waals surface area contributed by atoms with Crippen molar-refractivity contribution in [2.24, 2.45) is 5.10 Å². The average Bonchev–Trinajstić information content (AvgIpc) is 3.28. The lowest BCUT2D eigenvalue weighted by molar-refractivity contribution is -0.385. The van der Waals surface area contributed by atoms with Gasteiger partial charge in [0.2, 0.25) is 0 Å². The maximum absolute atomic E-state index is 13.3. The van der Waals surface area contributed by atoms with Crippen LogP contribution in [0.4, 0.5) is 11.4 Å². The van der Waals surface area contributed by atoms with Gasteiger partial charge in [-0.25, -0.2) is 4.52 Å². The van der Waals surface area contributed by atoms with Crippen molar-refractivity contribution in [3.63, 3.8) is 0 Å². The lowest BCUT2D eigenvalue weighted by Crippen LogP contribution is -2.23. The van der Waals surface area contributed by atoms with Crippen LogP contribution in [-0.2, 0) is 16.6 Å². The number of hydrazone groups is 1. The topological polar surface area (TPSA) is 159 Å². The van der Waals surface area contributed by atoms with E-state index in [1.807, 2.05) is 6.07 Å². The smallest absolute Gasteiger partial charge is 0.281 e. The Balaban J connectivity index is 1.66. The molecule has 0 bridgehead atoms. The van der Waals surface area contributed by atoms with Crippen LogP contribution in [-0.4, -0.2) is 45.6 Å². The number of hydrogen-bond acceptors (Lipinski definition) is 9. The van der Waals surface area contributed by atoms with E-state index >= 15 is 0 Å². The summed E-state index contributed by atoms with van der Waals surface area (Å²) < 4.78 is 28.9. The molecule has 176 valence electrons. The van der Waals surface area contributed by atoms with E-state index in [-0.39, 0.29) is 22.8 Å². The SMILES string of the molecule is CN(/N=C/c1cnn2ccc(C#N)cc12)S(=O)(=O)c1cc([N+](=O)[O-])ccc1NCc1ccccn1. The number of pyridine rings is 2. The molecule has 1 N–H and O–H groups in total. The van der Waals surface area contributed by atoms with E-state index in [0.29, 0.717) is 22.3 Å². The summed E-state index contributed by atoms with van der Waals surface area (Å²) >= 11 is 0. The molecule has 3 heterocycles. The van der Waals surface area contributed by atoms with Crippen molar-refractivity contribution < 1.29 is 13.3 Å². The van der Waals surface area contributed by atoms with Crippen LogP contribution in [0.2, 0.25) is 0 Å². The molecular weight excluding hydrogens is 472 g/mol. The molecule has 0 aliphatic carbocycles. The number of anilines is 1. The minimum absolute atomic E-state index is 0.165. The minimum Gasteiger partial charge on any atom is -0.378 e. The zero-order valence-electron chi connectivity index (χ0n) is 18.3. The first-order chi connectivity index (χ1) is 16.8. The Kier molecular flexibility index (Phi) is 6.38. The van der Waals surface area contributed by atoms with Gasteiger partial charge in [-0.15, -0.1) is 0 Å². The van der Waals surface area contributed by atoms with E-state index in [2.05, 4.69) is 20.5 Å². The molecule has 0 unspecified atom stereocenters. The number of aromatic nitrogens is 3. The van der Waals surface area contributed by atoms with Crippen molar-refractivity contribution in [2.75, 3.05) is 12.4 Å². The molecule has 0 radical (unpaired) electrons. The van der Waals surface area contributed by atoms with Crippen LogP contribution in [0.1, 0.15) is 16.8 Å². The Morgan fingerprint density at radius 3 is 2.83 bits per heavy atom. The maximum atomic E-state index is 13.3. The Hall–Kier alpha value is -4.83. The number of nitrogens with one attached hydrogen (secondary N) is 1. The maximum Gasteiger partial charge on any atom is 0.281 e. The summed E-state index contributed by atoms with van der Waals surface area (Å²) in [6.45, 7) is 0.206. The van der Waals surface area contributed by atoms with Gasteiger partial charge >= 0.3 is 0 Å². The summed E-state index contributed by atoms with van der Waals surface area (Å²) in [6, 6.07) is 14.1. The normalized spacial score (nSPS) is 11.4. The molecule has 13 heteroatoms. The summed E-state index contributed by atoms with van der Waals surface area (Å²) in [5.74, 6) is 0. The molecule has 0 atom stereocenters. The number of nitro benzene ring substituents is 1. The lowest BCUT2D eigenvalue weighted by Gasteiger charge is -2.17. The lowest BCUT2D eigenvalue weighted by atomic mass is 10.2. The fourth-order valence-corrected chi connectivity index (χ4v) is 4.33. The van der Waals surface area contributed by atoms with Crippen molar-refractivity contribution in [1.29, 1.82) is 5.26 Å². The second-order valence-corrected chi connectivity index (χ2v) is 9.17. The summed E-state index contributed by atoms with van der Waals surface area (Å²) in [5, 5.41) is 31.6. The van der Waals surface area contributed by atoms with Gasteiger partial charge in [0.05, 0.1) is 52.4 Å². The number of non-ortho nitro benzene ring substituents is 1. The first-order valence-corrected chi connectivity index (χ1v) is 11.6. The summed E-state index contributed by atoms with van der Waals surface area (Å²) in [7, 11) is -3.06. The number of nitro groups is 1. The average molecular weight is 491 g/mol. The number of nitrogens with zero attached hydrogens (tertiary/aromatic N) is 7. The van der Waals surface area contributed by atoms with Crippen molar-refractivity contribution in [3.05, 3.63) is 94.1 Å². The highest BCUT2D eigenvalue weighted by molar-refractivity contribution is 7.89. The van der Waals surface area contributed by atoms with Crippen LogP contribution in [0.3, 0.4) is 0 Å². The second-order valence-electron chi connectivity index (χ2n) is 7.25. The van der Waals surface area contributed by atoms with Crippen molar-refractivity contribution >= 4 is 33.1 Å². The van der Waals surface area contributed by atoms with Crippen molar-refractivity contribution in [2.45, 2.75) is 11.4 Å². The predicted octanol–water partition coefficient (Wildman–Crippen LogP) is 2.78. The van der Waals surface area contributed by atoms with E-state index in [0.717, 1.165) is 10.5 Å². The molecule has 0 amide bonds. The van der Waals surface area contributed by atoms with E-state index in [1.165, 1.54) is 36.1 Å². The molecule has 12 nitrogen and oxygen atoms in total. The Morgan fingerprint density at radius 2 is 2.11 bits per heavy atom. The Labute approximate surface area is 200 Å². The predicted molar refractivity (Wildman–Crippen MR) is 127 cm³/mol. The quantitative estimate of drug-likeness (QED) is 0.224. The number of nitriles is 1. The highest BCUT2D eigenvalue weighted by atomic mass is 32.2. The molecule has 0 aliphatic rings. The van der Waals surface area contributed by atoms with Crippen LogP contribution in [0.15, 0.2) is 77.1 Å². The van der Waals surface area contributed by atoms with Gasteiger partial charge in [0, 0.05) is 37.1 Å². The summed E-state index contributed by atoms with van der Waals surface area (Å²) in [6.07, 6.45) is 5.98. The van der Waals surface area contributed by atoms with Gasteiger partial charge in [0.1, 0.15) is 4.90 Å². The molecule has 0 aliphatic heterocycles. The van der Waals surface area contributed by atoms with Crippen LogP contribution >= 0.6 is 0 Å². The Bertz CT molecular complexity index is 1580. The molecule has 0 spiro atoms. The van der Waals surface area contributed by atoms with Gasteiger partial charge in [-0.3, -0.25) is 15.1 Å². The number of hydrogen-bond donors (Lipinski definition) is 1. The van der Waals surface area contributed by atoms with E-state index in [4.69, 9.17) is 5.26 Å². The van der Waals surface area contributed by atoms with Crippen LogP contribution in [0.5, 0.6) is 0 Å². The van der Waals surface area contributed by atoms with E-state index < -0.39 is 14.9 Å². The van der Waals surface area contributed by atoms with Crippen molar-refractivity contribution in [3.8, 4) is 6.07 Å². The first kappa shape index (κ1) is 23.3. The van der Waals surface area contributed by atoms with Gasteiger partial charge < -0.3 is 5.32 Å². The Morgan fingerprint density at radius 1 is 1.29 bits per heavy atom. The molecular formula is C22H18N8O4S. The molecule has 0 saturated carbocycles. The highest BCUT2D eigenvalue weighted by Crippen LogP contribution is 2.29. The number of benzene rings is 1. The third-order valence-corrected chi connectivity index (χ3v) is 6.71. The summed E-state index contributed by atoms with van der Waals surface area (Å²) in [4.78, 5) is 14.5. The monoisotopic (exact) mass is 490 g/mol. The third kappa shape index (κ3) is 4.92. The number of fused-ring (bicyclic) bond motifs is 1. The molecule has 0 saturated heterocycles. The van der Waals surface area contributed by atoms with Crippen LogP contribution < -0.4 is 5.32 Å². The third-order valence-electron chi connectivity index (χ3n) is 5.03. The summed E-state index contributed by atoms with van der Waals surface area (Å²) in [5.41, 5.74) is 1.90. The van der Waals surface area contributed by atoms with Crippen LogP contribution in [0.25, 0.3) is 5.52 Å². The van der Waals surface area contributed by atoms with Gasteiger partial charge in [-0.1, -0.05) is 6.07 Å². The minimum atomic E-state index is -4.28. The molecule has 0 fully saturated rings. The van der Waals surface area contributed by atoms with Gasteiger partial charge in [0.15, 0.2) is 0 Å². The van der Waals surface area contributed by atoms with Gasteiger partial charge in [-0.05, 0) is 30.3 Å². The fourth-order valence-electron chi connectivity index (χ4n) is 3.19. The molecule has 3 aromatic heterocycles.